The highest BCUT2D eigenvalue weighted by Crippen LogP contribution is 2.28. The predicted molar refractivity (Wildman–Crippen MR) is 132 cm³/mol. The summed E-state index contributed by atoms with van der Waals surface area (Å²) in [5, 5.41) is 2.84. The lowest BCUT2D eigenvalue weighted by Gasteiger charge is -2.34. The van der Waals surface area contributed by atoms with Crippen LogP contribution >= 0.6 is 0 Å². The summed E-state index contributed by atoms with van der Waals surface area (Å²) < 4.78 is 40.0. The Morgan fingerprint density at radius 1 is 0.941 bits per heavy atom. The van der Waals surface area contributed by atoms with E-state index in [1.807, 2.05) is 63.2 Å². The number of hydrogen-bond donors (Lipinski definition) is 1. The molecule has 1 heterocycles. The summed E-state index contributed by atoms with van der Waals surface area (Å²) in [6.45, 7) is 8.24. The Kier molecular flexibility index (Phi) is 9.32. The zero-order chi connectivity index (χ0) is 24.6. The lowest BCUT2D eigenvalue weighted by atomic mass is 10.1. The molecule has 0 saturated carbocycles. The molecule has 0 aromatic heterocycles. The lowest BCUT2D eigenvalue weighted by Crippen LogP contribution is -2.52. The van der Waals surface area contributed by atoms with Crippen molar-refractivity contribution in [1.82, 2.24) is 13.9 Å². The van der Waals surface area contributed by atoms with Crippen molar-refractivity contribution in [3.05, 3.63) is 59.2 Å². The third-order valence-corrected chi connectivity index (χ3v) is 7.54. The Morgan fingerprint density at radius 2 is 1.59 bits per heavy atom. The van der Waals surface area contributed by atoms with Gasteiger partial charge in [-0.3, -0.25) is 4.79 Å². The van der Waals surface area contributed by atoms with Crippen LogP contribution in [0.15, 0.2) is 42.5 Å². The van der Waals surface area contributed by atoms with Crippen molar-refractivity contribution in [2.45, 2.75) is 40.2 Å². The second-order valence-electron chi connectivity index (χ2n) is 8.26. The minimum atomic E-state index is -3.69. The average Bonchev–Trinajstić information content (AvgIpc) is 2.80. The molecule has 2 aromatic rings. The summed E-state index contributed by atoms with van der Waals surface area (Å²) in [6.07, 6.45) is 1.29. The Bertz CT molecular complexity index is 1060. The van der Waals surface area contributed by atoms with Crippen molar-refractivity contribution < 1.29 is 22.7 Å². The zero-order valence-electron chi connectivity index (χ0n) is 20.2. The number of carbonyl (C=O) groups is 1. The highest BCUT2D eigenvalue weighted by atomic mass is 32.2. The molecule has 34 heavy (non-hydrogen) atoms. The van der Waals surface area contributed by atoms with Gasteiger partial charge in [-0.15, -0.1) is 0 Å². The Morgan fingerprint density at radius 3 is 2.29 bits per heavy atom. The number of aryl methyl sites for hydroxylation is 1. The van der Waals surface area contributed by atoms with Crippen LogP contribution in [0.25, 0.3) is 0 Å². The van der Waals surface area contributed by atoms with Crippen LogP contribution in [0.2, 0.25) is 0 Å². The van der Waals surface area contributed by atoms with Crippen LogP contribution in [0.5, 0.6) is 11.5 Å². The zero-order valence-corrected chi connectivity index (χ0v) is 21.1. The van der Waals surface area contributed by atoms with Crippen molar-refractivity contribution in [3.63, 3.8) is 0 Å². The molecule has 186 valence electrons. The van der Waals surface area contributed by atoms with Crippen LogP contribution in [-0.2, 0) is 28.0 Å². The van der Waals surface area contributed by atoms with Crippen molar-refractivity contribution in [3.8, 4) is 11.5 Å². The highest BCUT2D eigenvalue weighted by Gasteiger charge is 2.34. The van der Waals surface area contributed by atoms with Crippen LogP contribution in [0.4, 0.5) is 0 Å². The molecule has 3 rings (SSSR count). The fourth-order valence-electron chi connectivity index (χ4n) is 3.85. The molecule has 1 aliphatic rings. The lowest BCUT2D eigenvalue weighted by molar-refractivity contribution is -0.121. The summed E-state index contributed by atoms with van der Waals surface area (Å²) >= 11 is 0. The number of ether oxygens (including phenoxy) is 2. The van der Waals surface area contributed by atoms with Crippen molar-refractivity contribution in [2.75, 3.05) is 39.4 Å². The van der Waals surface area contributed by atoms with Gasteiger partial charge >= 0.3 is 0 Å². The van der Waals surface area contributed by atoms with E-state index >= 15 is 0 Å². The first-order chi connectivity index (χ1) is 16.3. The Hall–Kier alpha value is -2.62. The topological polar surface area (TPSA) is 88.2 Å². The standard InChI is InChI=1S/C25H35N3O5S/c1-4-32-23-12-11-21(17-24(23)33-5-2)13-14-26-25(29)19-28-16-6-15-27(34(28,30)31)18-22-9-7-20(3)8-10-22/h7-12,17H,4-6,13-16,18-19H2,1-3H3,(H,26,29). The first-order valence-corrected chi connectivity index (χ1v) is 13.2. The maximum Gasteiger partial charge on any atom is 0.282 e. The molecular weight excluding hydrogens is 454 g/mol. The van der Waals surface area contributed by atoms with E-state index in [1.54, 1.807) is 0 Å². The summed E-state index contributed by atoms with van der Waals surface area (Å²) in [5.74, 6) is 1.07. The maximum atomic E-state index is 13.0. The molecule has 0 radical (unpaired) electrons. The minimum Gasteiger partial charge on any atom is -0.490 e. The second kappa shape index (κ2) is 12.2. The molecule has 0 aliphatic carbocycles. The summed E-state index contributed by atoms with van der Waals surface area (Å²) in [4.78, 5) is 12.5. The van der Waals surface area contributed by atoms with E-state index in [0.29, 0.717) is 63.7 Å². The molecule has 1 amide bonds. The van der Waals surface area contributed by atoms with Gasteiger partial charge in [0.1, 0.15) is 0 Å². The number of nitrogens with zero attached hydrogens (tertiary/aromatic N) is 2. The van der Waals surface area contributed by atoms with E-state index < -0.39 is 10.2 Å². The number of hydrogen-bond acceptors (Lipinski definition) is 5. The molecule has 0 bridgehead atoms. The monoisotopic (exact) mass is 489 g/mol. The summed E-state index contributed by atoms with van der Waals surface area (Å²) in [5.41, 5.74) is 3.06. The number of carbonyl (C=O) groups excluding carboxylic acids is 1. The van der Waals surface area contributed by atoms with Gasteiger partial charge in [-0.25, -0.2) is 0 Å². The molecule has 1 fully saturated rings. The van der Waals surface area contributed by atoms with Crippen molar-refractivity contribution in [1.29, 1.82) is 0 Å². The first-order valence-electron chi connectivity index (χ1n) is 11.8. The largest absolute Gasteiger partial charge is 0.490 e. The van der Waals surface area contributed by atoms with E-state index in [9.17, 15) is 13.2 Å². The molecule has 2 aromatic carbocycles. The van der Waals surface area contributed by atoms with E-state index in [0.717, 1.165) is 16.7 Å². The van der Waals surface area contributed by atoms with E-state index in [4.69, 9.17) is 9.47 Å². The van der Waals surface area contributed by atoms with Gasteiger partial charge in [-0.05, 0) is 56.9 Å². The van der Waals surface area contributed by atoms with Gasteiger partial charge in [0, 0.05) is 26.2 Å². The summed E-state index contributed by atoms with van der Waals surface area (Å²) in [6, 6.07) is 13.5. The maximum absolute atomic E-state index is 13.0. The fourth-order valence-corrected chi connectivity index (χ4v) is 5.49. The van der Waals surface area contributed by atoms with E-state index in [-0.39, 0.29) is 12.5 Å². The highest BCUT2D eigenvalue weighted by molar-refractivity contribution is 7.86. The first kappa shape index (κ1) is 26.0. The normalized spacial score (nSPS) is 16.2. The molecule has 0 atom stereocenters. The SMILES string of the molecule is CCOc1ccc(CCNC(=O)CN2CCCN(Cc3ccc(C)cc3)S2(=O)=O)cc1OCC. The molecule has 1 aliphatic heterocycles. The van der Waals surface area contributed by atoms with E-state index in [2.05, 4.69) is 5.32 Å². The smallest absolute Gasteiger partial charge is 0.282 e. The molecular formula is C25H35N3O5S. The molecule has 0 spiro atoms. The number of amides is 1. The molecule has 1 N–H and O–H groups in total. The van der Waals surface area contributed by atoms with Gasteiger partial charge in [0.05, 0.1) is 19.8 Å². The molecule has 8 nitrogen and oxygen atoms in total. The Balaban J connectivity index is 1.53. The van der Waals surface area contributed by atoms with Gasteiger partial charge in [0.15, 0.2) is 11.5 Å². The number of rotatable bonds is 11. The van der Waals surface area contributed by atoms with Crippen molar-refractivity contribution in [2.24, 2.45) is 0 Å². The van der Waals surface area contributed by atoms with Crippen LogP contribution in [0.3, 0.4) is 0 Å². The predicted octanol–water partition coefficient (Wildman–Crippen LogP) is 2.90. The fraction of sp³-hybridized carbons (Fsp3) is 0.480. The molecule has 1 saturated heterocycles. The van der Waals surface area contributed by atoms with Gasteiger partial charge in [0.2, 0.25) is 5.91 Å². The van der Waals surface area contributed by atoms with Crippen LogP contribution in [0, 0.1) is 6.92 Å². The third kappa shape index (κ3) is 6.94. The molecule has 9 heteroatoms. The third-order valence-electron chi connectivity index (χ3n) is 5.61. The molecule has 0 unspecified atom stereocenters. The second-order valence-corrected chi connectivity index (χ2v) is 10.2. The number of benzene rings is 2. The van der Waals surface area contributed by atoms with Gasteiger partial charge in [-0.2, -0.15) is 17.0 Å². The van der Waals surface area contributed by atoms with Gasteiger partial charge in [-0.1, -0.05) is 35.9 Å². The van der Waals surface area contributed by atoms with Crippen LogP contribution < -0.4 is 14.8 Å². The van der Waals surface area contributed by atoms with Gasteiger partial charge < -0.3 is 14.8 Å². The summed E-state index contributed by atoms with van der Waals surface area (Å²) in [7, 11) is -3.69. The van der Waals surface area contributed by atoms with Crippen molar-refractivity contribution >= 4 is 16.1 Å². The van der Waals surface area contributed by atoms with Crippen LogP contribution in [-0.4, -0.2) is 62.3 Å². The Labute approximate surface area is 203 Å². The van der Waals surface area contributed by atoms with Crippen LogP contribution in [0.1, 0.15) is 37.0 Å². The average molecular weight is 490 g/mol. The van der Waals surface area contributed by atoms with Gasteiger partial charge in [0.25, 0.3) is 10.2 Å². The van der Waals surface area contributed by atoms with E-state index in [1.165, 1.54) is 8.61 Å². The number of nitrogens with one attached hydrogen (secondary N) is 1. The minimum absolute atomic E-state index is 0.180. The quantitative estimate of drug-likeness (QED) is 0.524.